The largest absolute Gasteiger partial charge is 0.375 e. The van der Waals surface area contributed by atoms with Crippen molar-refractivity contribution in [3.05, 3.63) is 48.0 Å². The second kappa shape index (κ2) is 10.6. The molecule has 32 heavy (non-hydrogen) atoms. The average Bonchev–Trinajstić information content (AvgIpc) is 3.26. The molecule has 2 saturated heterocycles. The van der Waals surface area contributed by atoms with Gasteiger partial charge in [-0.05, 0) is 44.0 Å². The van der Waals surface area contributed by atoms with Crippen molar-refractivity contribution in [1.82, 2.24) is 20.6 Å². The summed E-state index contributed by atoms with van der Waals surface area (Å²) in [4.78, 5) is 17.8. The molecule has 2 aliphatic rings. The van der Waals surface area contributed by atoms with E-state index >= 15 is 0 Å². The fourth-order valence-electron chi connectivity index (χ4n) is 4.09. The summed E-state index contributed by atoms with van der Waals surface area (Å²) in [7, 11) is 0. The number of anilines is 2. The Morgan fingerprint density at radius 3 is 2.88 bits per heavy atom. The minimum absolute atomic E-state index is 0.179. The van der Waals surface area contributed by atoms with Crippen molar-refractivity contribution in [2.24, 2.45) is 4.99 Å². The van der Waals surface area contributed by atoms with Gasteiger partial charge in [-0.1, -0.05) is 6.07 Å². The van der Waals surface area contributed by atoms with Crippen LogP contribution in [0.5, 0.6) is 0 Å². The first-order valence-electron chi connectivity index (χ1n) is 11.3. The Hall–Kier alpha value is -2.94. The van der Waals surface area contributed by atoms with E-state index in [0.29, 0.717) is 18.9 Å². The van der Waals surface area contributed by atoms with Gasteiger partial charge in [-0.25, -0.2) is 19.4 Å². The number of hydrogen-bond acceptors (Lipinski definition) is 6. The summed E-state index contributed by atoms with van der Waals surface area (Å²) >= 11 is 0. The number of ether oxygens (including phenoxy) is 1. The summed E-state index contributed by atoms with van der Waals surface area (Å²) in [5.41, 5.74) is 1.05. The number of nitrogens with zero attached hydrogens (tertiary/aromatic N) is 5. The van der Waals surface area contributed by atoms with Gasteiger partial charge in [0.05, 0.1) is 19.3 Å². The summed E-state index contributed by atoms with van der Waals surface area (Å²) in [6.45, 7) is 9.34. The SMILES string of the molecule is CCNC(=NCc1ccc(N2CCOC(C)C2)nc1)NC1CCN(c2ncccc2F)C1. The van der Waals surface area contributed by atoms with Crippen LogP contribution in [0.2, 0.25) is 0 Å². The molecule has 0 saturated carbocycles. The van der Waals surface area contributed by atoms with E-state index < -0.39 is 0 Å². The highest BCUT2D eigenvalue weighted by atomic mass is 19.1. The first-order valence-corrected chi connectivity index (χ1v) is 11.3. The number of guanidine groups is 1. The molecular weight excluding hydrogens is 409 g/mol. The molecule has 0 radical (unpaired) electrons. The van der Waals surface area contributed by atoms with Crippen molar-refractivity contribution in [2.75, 3.05) is 49.1 Å². The van der Waals surface area contributed by atoms with E-state index in [-0.39, 0.29) is 18.0 Å². The molecule has 0 spiro atoms. The van der Waals surface area contributed by atoms with Gasteiger partial charge in [-0.3, -0.25) is 0 Å². The molecule has 0 aromatic carbocycles. The monoisotopic (exact) mass is 441 g/mol. The topological polar surface area (TPSA) is 77.9 Å². The van der Waals surface area contributed by atoms with Crippen LogP contribution in [0, 0.1) is 5.82 Å². The molecule has 0 amide bonds. The van der Waals surface area contributed by atoms with Crippen LogP contribution in [0.1, 0.15) is 25.8 Å². The number of morpholine rings is 1. The zero-order chi connectivity index (χ0) is 22.3. The van der Waals surface area contributed by atoms with Crippen LogP contribution in [0.25, 0.3) is 0 Å². The van der Waals surface area contributed by atoms with E-state index in [4.69, 9.17) is 9.73 Å². The van der Waals surface area contributed by atoms with Gasteiger partial charge in [0.15, 0.2) is 17.6 Å². The highest BCUT2D eigenvalue weighted by Crippen LogP contribution is 2.21. The molecule has 0 aliphatic carbocycles. The number of rotatable bonds is 6. The van der Waals surface area contributed by atoms with Crippen molar-refractivity contribution >= 4 is 17.6 Å². The van der Waals surface area contributed by atoms with Gasteiger partial charge in [-0.2, -0.15) is 0 Å². The minimum Gasteiger partial charge on any atom is -0.375 e. The van der Waals surface area contributed by atoms with Crippen LogP contribution in [-0.4, -0.2) is 67.4 Å². The standard InChI is InChI=1S/C23H32FN7O/c1-3-25-23(29-19-8-10-31(16-19)22-20(24)5-4-9-26-22)28-14-18-6-7-21(27-13-18)30-11-12-32-17(2)15-30/h4-7,9,13,17,19H,3,8,10-12,14-16H2,1-2H3,(H2,25,28,29). The molecule has 0 bridgehead atoms. The highest BCUT2D eigenvalue weighted by Gasteiger charge is 2.26. The van der Waals surface area contributed by atoms with Crippen molar-refractivity contribution in [3.8, 4) is 0 Å². The summed E-state index contributed by atoms with van der Waals surface area (Å²) in [6, 6.07) is 7.38. The first-order chi connectivity index (χ1) is 15.6. The number of nitrogens with one attached hydrogen (secondary N) is 2. The molecule has 2 aromatic rings. The third kappa shape index (κ3) is 5.64. The van der Waals surface area contributed by atoms with Gasteiger partial charge in [0.2, 0.25) is 0 Å². The molecule has 9 heteroatoms. The van der Waals surface area contributed by atoms with Crippen LogP contribution < -0.4 is 20.4 Å². The molecule has 2 aromatic heterocycles. The second-order valence-electron chi connectivity index (χ2n) is 8.23. The Balaban J connectivity index is 1.33. The van der Waals surface area contributed by atoms with Crippen molar-refractivity contribution < 1.29 is 9.13 Å². The van der Waals surface area contributed by atoms with Crippen LogP contribution in [0.3, 0.4) is 0 Å². The number of halogens is 1. The van der Waals surface area contributed by atoms with Crippen LogP contribution in [0.4, 0.5) is 16.0 Å². The third-order valence-corrected chi connectivity index (χ3v) is 5.71. The zero-order valence-corrected chi connectivity index (χ0v) is 18.8. The van der Waals surface area contributed by atoms with E-state index in [1.165, 1.54) is 6.07 Å². The maximum atomic E-state index is 14.1. The van der Waals surface area contributed by atoms with E-state index in [1.807, 2.05) is 18.0 Å². The predicted octanol–water partition coefficient (Wildman–Crippen LogP) is 2.17. The lowest BCUT2D eigenvalue weighted by atomic mass is 10.2. The summed E-state index contributed by atoms with van der Waals surface area (Å²) in [6.07, 6.45) is 4.64. The fourth-order valence-corrected chi connectivity index (χ4v) is 4.09. The molecule has 2 N–H and O–H groups in total. The lowest BCUT2D eigenvalue weighted by Crippen LogP contribution is -2.44. The normalized spacial score (nSPS) is 21.7. The molecule has 4 heterocycles. The number of hydrogen-bond donors (Lipinski definition) is 2. The lowest BCUT2D eigenvalue weighted by Gasteiger charge is -2.32. The number of pyridine rings is 2. The summed E-state index contributed by atoms with van der Waals surface area (Å²) in [5.74, 6) is 1.87. The summed E-state index contributed by atoms with van der Waals surface area (Å²) in [5, 5.41) is 6.78. The Kier molecular flexibility index (Phi) is 7.36. The van der Waals surface area contributed by atoms with Crippen molar-refractivity contribution in [2.45, 2.75) is 39.0 Å². The number of aliphatic imine (C=N–C) groups is 1. The summed E-state index contributed by atoms with van der Waals surface area (Å²) < 4.78 is 19.7. The van der Waals surface area contributed by atoms with Gasteiger partial charge in [0, 0.05) is 51.2 Å². The zero-order valence-electron chi connectivity index (χ0n) is 18.8. The Morgan fingerprint density at radius 1 is 1.22 bits per heavy atom. The van der Waals surface area contributed by atoms with E-state index in [9.17, 15) is 4.39 Å². The van der Waals surface area contributed by atoms with Crippen LogP contribution >= 0.6 is 0 Å². The van der Waals surface area contributed by atoms with Crippen molar-refractivity contribution in [3.63, 3.8) is 0 Å². The fraction of sp³-hybridized carbons (Fsp3) is 0.522. The molecule has 2 fully saturated rings. The molecule has 2 unspecified atom stereocenters. The van der Waals surface area contributed by atoms with Gasteiger partial charge in [0.1, 0.15) is 5.82 Å². The second-order valence-corrected chi connectivity index (χ2v) is 8.23. The smallest absolute Gasteiger partial charge is 0.191 e. The molecular formula is C23H32FN7O. The Morgan fingerprint density at radius 2 is 2.12 bits per heavy atom. The predicted molar refractivity (Wildman–Crippen MR) is 125 cm³/mol. The Bertz CT molecular complexity index is 907. The lowest BCUT2D eigenvalue weighted by molar-refractivity contribution is 0.0529. The Labute approximate surface area is 188 Å². The molecule has 2 atom stereocenters. The molecule has 2 aliphatic heterocycles. The molecule has 172 valence electrons. The van der Waals surface area contributed by atoms with Crippen molar-refractivity contribution in [1.29, 1.82) is 0 Å². The maximum Gasteiger partial charge on any atom is 0.191 e. The van der Waals surface area contributed by atoms with Crippen LogP contribution in [0.15, 0.2) is 41.7 Å². The maximum absolute atomic E-state index is 14.1. The molecule has 4 rings (SSSR count). The van der Waals surface area contributed by atoms with E-state index in [0.717, 1.165) is 56.5 Å². The van der Waals surface area contributed by atoms with Gasteiger partial charge >= 0.3 is 0 Å². The first kappa shape index (κ1) is 22.3. The molecule has 8 nitrogen and oxygen atoms in total. The van der Waals surface area contributed by atoms with E-state index in [2.05, 4.69) is 44.6 Å². The van der Waals surface area contributed by atoms with Gasteiger partial charge < -0.3 is 25.2 Å². The van der Waals surface area contributed by atoms with Gasteiger partial charge in [-0.15, -0.1) is 0 Å². The van der Waals surface area contributed by atoms with E-state index in [1.54, 1.807) is 12.3 Å². The van der Waals surface area contributed by atoms with Gasteiger partial charge in [0.25, 0.3) is 0 Å². The quantitative estimate of drug-likeness (QED) is 0.526. The number of aromatic nitrogens is 2. The minimum atomic E-state index is -0.281. The third-order valence-electron chi connectivity index (χ3n) is 5.71. The van der Waals surface area contributed by atoms with Crippen LogP contribution in [-0.2, 0) is 11.3 Å². The average molecular weight is 442 g/mol. The highest BCUT2D eigenvalue weighted by molar-refractivity contribution is 5.80.